The van der Waals surface area contributed by atoms with E-state index in [1.54, 1.807) is 0 Å². The predicted octanol–water partition coefficient (Wildman–Crippen LogP) is 4.60. The van der Waals surface area contributed by atoms with Crippen LogP contribution in [-0.4, -0.2) is 11.2 Å². The van der Waals surface area contributed by atoms with Crippen molar-refractivity contribution in [2.45, 2.75) is 57.2 Å². The maximum absolute atomic E-state index is 10.4. The van der Waals surface area contributed by atoms with Crippen molar-refractivity contribution in [1.82, 2.24) is 0 Å². The Labute approximate surface area is 123 Å². The molecule has 104 valence electrons. The molecule has 1 saturated carbocycles. The average Bonchev–Trinajstić information content (AvgIpc) is 2.68. The van der Waals surface area contributed by atoms with Crippen molar-refractivity contribution in [2.75, 3.05) is 0 Å². The molecule has 0 spiro atoms. The van der Waals surface area contributed by atoms with Gasteiger partial charge in [-0.15, -0.1) is 0 Å². The van der Waals surface area contributed by atoms with Crippen LogP contribution < -0.4 is 4.74 Å². The lowest BCUT2D eigenvalue weighted by Crippen LogP contribution is -2.32. The first-order chi connectivity index (χ1) is 9.24. The molecular formula is C16H21BrO2. The Balaban J connectivity index is 1.78. The van der Waals surface area contributed by atoms with E-state index in [4.69, 9.17) is 4.74 Å². The van der Waals surface area contributed by atoms with Crippen molar-refractivity contribution < 1.29 is 9.84 Å². The van der Waals surface area contributed by atoms with Gasteiger partial charge in [0.25, 0.3) is 0 Å². The highest BCUT2D eigenvalue weighted by Gasteiger charge is 2.32. The minimum Gasteiger partial charge on any atom is -0.490 e. The first kappa shape index (κ1) is 13.4. The van der Waals surface area contributed by atoms with Crippen LogP contribution in [0.3, 0.4) is 0 Å². The van der Waals surface area contributed by atoms with Crippen molar-refractivity contribution in [3.63, 3.8) is 0 Å². The van der Waals surface area contributed by atoms with E-state index >= 15 is 0 Å². The Morgan fingerprint density at radius 1 is 1.11 bits per heavy atom. The third kappa shape index (κ3) is 2.97. The van der Waals surface area contributed by atoms with E-state index < -0.39 is 0 Å². The second-order valence-corrected chi connectivity index (χ2v) is 6.76. The van der Waals surface area contributed by atoms with Gasteiger partial charge in [-0.25, -0.2) is 0 Å². The highest BCUT2D eigenvalue weighted by molar-refractivity contribution is 9.10. The molecule has 0 amide bonds. The fourth-order valence-corrected chi connectivity index (χ4v) is 3.80. The molecule has 19 heavy (non-hydrogen) atoms. The summed E-state index contributed by atoms with van der Waals surface area (Å²) in [5, 5.41) is 10.4. The minimum absolute atomic E-state index is 0.196. The van der Waals surface area contributed by atoms with Gasteiger partial charge in [-0.05, 0) is 37.0 Å². The van der Waals surface area contributed by atoms with Gasteiger partial charge >= 0.3 is 0 Å². The summed E-state index contributed by atoms with van der Waals surface area (Å²) in [5.74, 6) is 1.49. The summed E-state index contributed by atoms with van der Waals surface area (Å²) in [7, 11) is 0. The van der Waals surface area contributed by atoms with Crippen LogP contribution in [0, 0.1) is 5.92 Å². The van der Waals surface area contributed by atoms with Gasteiger partial charge in [-0.3, -0.25) is 0 Å². The lowest BCUT2D eigenvalue weighted by atomic mass is 9.87. The fourth-order valence-electron chi connectivity index (χ4n) is 3.42. The normalized spacial score (nSPS) is 28.3. The Kier molecular flexibility index (Phi) is 4.13. The zero-order valence-electron chi connectivity index (χ0n) is 11.1. The quantitative estimate of drug-likeness (QED) is 0.765. The van der Waals surface area contributed by atoms with Crippen LogP contribution in [0.1, 0.15) is 56.6 Å². The Bertz CT molecular complexity index is 438. The maximum Gasteiger partial charge on any atom is 0.125 e. The Morgan fingerprint density at radius 2 is 1.84 bits per heavy atom. The number of fused-ring (bicyclic) bond motifs is 1. The standard InChI is InChI=1S/C16H21BrO2/c17-12-7-8-15-13(9-12)14(18)10-16(19-15)11-5-3-1-2-4-6-11/h7-9,11,14,16,18H,1-6,10H2/t14-,16?/m1/s1. The number of benzene rings is 1. The van der Waals surface area contributed by atoms with Crippen LogP contribution in [0.4, 0.5) is 0 Å². The van der Waals surface area contributed by atoms with E-state index in [-0.39, 0.29) is 12.2 Å². The molecule has 0 bridgehead atoms. The van der Waals surface area contributed by atoms with Gasteiger partial charge in [0.05, 0.1) is 6.10 Å². The molecule has 1 unspecified atom stereocenters. The highest BCUT2D eigenvalue weighted by Crippen LogP contribution is 2.40. The molecule has 2 aliphatic rings. The molecule has 1 fully saturated rings. The third-order valence-electron chi connectivity index (χ3n) is 4.49. The molecule has 3 heteroatoms. The minimum atomic E-state index is -0.380. The number of hydrogen-bond donors (Lipinski definition) is 1. The van der Waals surface area contributed by atoms with Crippen LogP contribution in [0.25, 0.3) is 0 Å². The van der Waals surface area contributed by atoms with Gasteiger partial charge in [0.2, 0.25) is 0 Å². The molecular weight excluding hydrogens is 304 g/mol. The molecule has 2 atom stereocenters. The molecule has 3 rings (SSSR count). The van der Waals surface area contributed by atoms with Gasteiger partial charge in [-0.1, -0.05) is 41.6 Å². The SMILES string of the molecule is O[C@@H]1CC(C2CCCCCC2)Oc2ccc(Br)cc21. The summed E-state index contributed by atoms with van der Waals surface area (Å²) in [6, 6.07) is 5.94. The van der Waals surface area contributed by atoms with E-state index in [1.165, 1.54) is 38.5 Å². The van der Waals surface area contributed by atoms with E-state index in [0.717, 1.165) is 22.2 Å². The monoisotopic (exact) mass is 324 g/mol. The van der Waals surface area contributed by atoms with E-state index in [1.807, 2.05) is 18.2 Å². The predicted molar refractivity (Wildman–Crippen MR) is 79.3 cm³/mol. The fraction of sp³-hybridized carbons (Fsp3) is 0.625. The summed E-state index contributed by atoms with van der Waals surface area (Å²) in [6.45, 7) is 0. The first-order valence-corrected chi connectivity index (χ1v) is 8.17. The van der Waals surface area contributed by atoms with Crippen molar-refractivity contribution in [1.29, 1.82) is 0 Å². The van der Waals surface area contributed by atoms with E-state index in [0.29, 0.717) is 5.92 Å². The average molecular weight is 325 g/mol. The van der Waals surface area contributed by atoms with Crippen molar-refractivity contribution in [2.24, 2.45) is 5.92 Å². The van der Waals surface area contributed by atoms with Gasteiger partial charge in [0.15, 0.2) is 0 Å². The van der Waals surface area contributed by atoms with Crippen LogP contribution in [-0.2, 0) is 0 Å². The topological polar surface area (TPSA) is 29.5 Å². The van der Waals surface area contributed by atoms with Crippen molar-refractivity contribution in [3.8, 4) is 5.75 Å². The van der Waals surface area contributed by atoms with Crippen LogP contribution >= 0.6 is 15.9 Å². The van der Waals surface area contributed by atoms with Gasteiger partial charge in [0.1, 0.15) is 11.9 Å². The molecule has 1 aliphatic heterocycles. The molecule has 1 N–H and O–H groups in total. The summed E-state index contributed by atoms with van der Waals surface area (Å²) in [6.07, 6.45) is 8.41. The molecule has 1 aromatic rings. The smallest absolute Gasteiger partial charge is 0.125 e. The maximum atomic E-state index is 10.4. The number of rotatable bonds is 1. The number of hydrogen-bond acceptors (Lipinski definition) is 2. The summed E-state index contributed by atoms with van der Waals surface area (Å²) in [5.41, 5.74) is 0.930. The number of halogens is 1. The lowest BCUT2D eigenvalue weighted by Gasteiger charge is -2.34. The van der Waals surface area contributed by atoms with Crippen LogP contribution in [0.5, 0.6) is 5.75 Å². The molecule has 0 radical (unpaired) electrons. The van der Waals surface area contributed by atoms with Crippen molar-refractivity contribution >= 4 is 15.9 Å². The third-order valence-corrected chi connectivity index (χ3v) is 4.98. The Hall–Kier alpha value is -0.540. The van der Waals surface area contributed by atoms with Gasteiger partial charge < -0.3 is 9.84 Å². The van der Waals surface area contributed by atoms with Crippen LogP contribution in [0.15, 0.2) is 22.7 Å². The zero-order chi connectivity index (χ0) is 13.2. The molecule has 2 nitrogen and oxygen atoms in total. The number of aliphatic hydroxyl groups is 1. The van der Waals surface area contributed by atoms with Crippen LogP contribution in [0.2, 0.25) is 0 Å². The molecule has 0 saturated heterocycles. The number of aliphatic hydroxyl groups excluding tert-OH is 1. The van der Waals surface area contributed by atoms with Crippen molar-refractivity contribution in [3.05, 3.63) is 28.2 Å². The number of ether oxygens (including phenoxy) is 1. The largest absolute Gasteiger partial charge is 0.490 e. The summed E-state index contributed by atoms with van der Waals surface area (Å²) in [4.78, 5) is 0. The zero-order valence-corrected chi connectivity index (χ0v) is 12.7. The summed E-state index contributed by atoms with van der Waals surface area (Å²) < 4.78 is 7.17. The lowest BCUT2D eigenvalue weighted by molar-refractivity contribution is 0.0296. The first-order valence-electron chi connectivity index (χ1n) is 7.38. The molecule has 0 aromatic heterocycles. The molecule has 1 aliphatic carbocycles. The van der Waals surface area contributed by atoms with E-state index in [9.17, 15) is 5.11 Å². The summed E-state index contributed by atoms with van der Waals surface area (Å²) >= 11 is 3.45. The molecule has 1 aromatic carbocycles. The highest BCUT2D eigenvalue weighted by atomic mass is 79.9. The second-order valence-electron chi connectivity index (χ2n) is 5.84. The van der Waals surface area contributed by atoms with Gasteiger partial charge in [0, 0.05) is 16.5 Å². The Morgan fingerprint density at radius 3 is 2.58 bits per heavy atom. The molecule has 1 heterocycles. The van der Waals surface area contributed by atoms with E-state index in [2.05, 4.69) is 15.9 Å². The van der Waals surface area contributed by atoms with Gasteiger partial charge in [-0.2, -0.15) is 0 Å². The second kappa shape index (κ2) is 5.84.